The second-order valence-electron chi connectivity index (χ2n) is 8.30. The minimum Gasteiger partial charge on any atom is -0.496 e. The zero-order chi connectivity index (χ0) is 25.5. The van der Waals surface area contributed by atoms with Crippen LogP contribution in [0, 0.1) is 0 Å². The summed E-state index contributed by atoms with van der Waals surface area (Å²) >= 11 is 0. The van der Waals surface area contributed by atoms with Crippen LogP contribution in [0.5, 0.6) is 5.75 Å². The van der Waals surface area contributed by atoms with Crippen molar-refractivity contribution in [2.24, 2.45) is 0 Å². The van der Waals surface area contributed by atoms with Crippen LogP contribution in [0.3, 0.4) is 0 Å². The number of methoxy groups -OCH3 is 1. The number of benzene rings is 3. The van der Waals surface area contributed by atoms with Crippen molar-refractivity contribution in [3.63, 3.8) is 0 Å². The number of carboxylic acids is 1. The molecule has 3 aromatic carbocycles. The van der Waals surface area contributed by atoms with Crippen molar-refractivity contribution in [3.05, 3.63) is 96.3 Å². The number of aliphatic hydroxyl groups excluding tert-OH is 1. The van der Waals surface area contributed by atoms with E-state index in [1.807, 2.05) is 66.7 Å². The molecular formula is C28H26N2O6. The fraction of sp³-hybridized carbons (Fsp3) is 0.179. The zero-order valence-corrected chi connectivity index (χ0v) is 19.6. The Bertz CT molecular complexity index is 1320. The van der Waals surface area contributed by atoms with Crippen LogP contribution in [0.4, 0.5) is 0 Å². The Balaban J connectivity index is 1.50. The smallest absolute Gasteiger partial charge is 0.332 e. The van der Waals surface area contributed by atoms with Crippen LogP contribution in [-0.2, 0) is 11.2 Å². The number of carbonyl (C=O) groups is 2. The van der Waals surface area contributed by atoms with Crippen LogP contribution in [0.15, 0.2) is 89.5 Å². The van der Waals surface area contributed by atoms with E-state index in [1.165, 1.54) is 13.2 Å². The van der Waals surface area contributed by atoms with Crippen molar-refractivity contribution in [1.29, 1.82) is 0 Å². The van der Waals surface area contributed by atoms with Crippen LogP contribution in [0.25, 0.3) is 22.4 Å². The topological polar surface area (TPSA) is 122 Å². The number of para-hydroxylation sites is 1. The maximum Gasteiger partial charge on any atom is 0.332 e. The monoisotopic (exact) mass is 486 g/mol. The van der Waals surface area contributed by atoms with Gasteiger partial charge in [0.05, 0.1) is 7.11 Å². The highest BCUT2D eigenvalue weighted by atomic mass is 16.5. The predicted octanol–water partition coefficient (Wildman–Crippen LogP) is 4.19. The molecule has 0 unspecified atom stereocenters. The number of amides is 1. The first kappa shape index (κ1) is 24.7. The molecule has 4 rings (SSSR count). The second-order valence-corrected chi connectivity index (χ2v) is 8.30. The summed E-state index contributed by atoms with van der Waals surface area (Å²) in [6.45, 7) is 0. The van der Waals surface area contributed by atoms with Gasteiger partial charge in [-0.15, -0.1) is 0 Å². The van der Waals surface area contributed by atoms with E-state index in [9.17, 15) is 19.8 Å². The van der Waals surface area contributed by atoms with Crippen molar-refractivity contribution in [2.75, 3.05) is 7.11 Å². The van der Waals surface area contributed by atoms with Crippen LogP contribution in [-0.4, -0.2) is 46.5 Å². The van der Waals surface area contributed by atoms with Gasteiger partial charge in [0.2, 0.25) is 5.76 Å². The van der Waals surface area contributed by atoms with Gasteiger partial charge in [0, 0.05) is 24.1 Å². The third-order valence-electron chi connectivity index (χ3n) is 5.79. The Morgan fingerprint density at radius 1 is 0.972 bits per heavy atom. The summed E-state index contributed by atoms with van der Waals surface area (Å²) < 4.78 is 10.6. The molecular weight excluding hydrogens is 460 g/mol. The van der Waals surface area contributed by atoms with E-state index in [1.54, 1.807) is 12.1 Å². The number of nitrogens with zero attached hydrogens (tertiary/aromatic N) is 1. The Kier molecular flexibility index (Phi) is 7.77. The van der Waals surface area contributed by atoms with E-state index in [2.05, 4.69) is 10.5 Å². The molecule has 0 bridgehead atoms. The minimum atomic E-state index is -1.63. The van der Waals surface area contributed by atoms with E-state index < -0.39 is 24.0 Å². The van der Waals surface area contributed by atoms with Gasteiger partial charge in [0.1, 0.15) is 11.4 Å². The van der Waals surface area contributed by atoms with E-state index in [0.717, 1.165) is 16.7 Å². The number of carbonyl (C=O) groups excluding carboxylic acids is 1. The predicted molar refractivity (Wildman–Crippen MR) is 134 cm³/mol. The van der Waals surface area contributed by atoms with Crippen molar-refractivity contribution in [1.82, 2.24) is 10.5 Å². The van der Waals surface area contributed by atoms with Gasteiger partial charge >= 0.3 is 5.97 Å². The number of rotatable bonds is 10. The maximum atomic E-state index is 12.9. The molecule has 0 saturated heterocycles. The van der Waals surface area contributed by atoms with Gasteiger partial charge < -0.3 is 24.8 Å². The number of aromatic nitrogens is 1. The molecule has 3 N–H and O–H groups in total. The van der Waals surface area contributed by atoms with Gasteiger partial charge in [0.15, 0.2) is 6.10 Å². The number of nitrogens with one attached hydrogen (secondary N) is 1. The Hall–Kier alpha value is -4.43. The molecule has 0 aliphatic heterocycles. The molecule has 0 aliphatic carbocycles. The molecule has 0 fully saturated rings. The number of aliphatic hydroxyl groups is 1. The highest BCUT2D eigenvalue weighted by Gasteiger charge is 2.24. The first-order valence-electron chi connectivity index (χ1n) is 11.4. The van der Waals surface area contributed by atoms with Crippen molar-refractivity contribution >= 4 is 11.9 Å². The molecule has 1 aromatic heterocycles. The summed E-state index contributed by atoms with van der Waals surface area (Å²) in [4.78, 5) is 24.2. The number of hydrogen-bond acceptors (Lipinski definition) is 6. The van der Waals surface area contributed by atoms with Crippen molar-refractivity contribution in [2.45, 2.75) is 25.0 Å². The van der Waals surface area contributed by atoms with Gasteiger partial charge in [-0.3, -0.25) is 4.79 Å². The average Bonchev–Trinajstić information content (AvgIpc) is 3.40. The minimum absolute atomic E-state index is 0.0369. The molecule has 8 nitrogen and oxygen atoms in total. The standard InChI is InChI=1S/C28H26N2O6/c1-35-25-10-6-5-9-22(25)23-17-26(36-30-23)27(32)29-21(16-24(31)28(33)34)15-18-11-13-20(14-12-18)19-7-3-2-4-8-19/h2-14,17,21,24,31H,15-16H2,1H3,(H,29,32)(H,33,34)/t21-,24-/m1/s1. The summed E-state index contributed by atoms with van der Waals surface area (Å²) in [6, 6.07) is 25.7. The zero-order valence-electron chi connectivity index (χ0n) is 19.6. The first-order chi connectivity index (χ1) is 17.4. The van der Waals surface area contributed by atoms with Gasteiger partial charge in [0.25, 0.3) is 5.91 Å². The van der Waals surface area contributed by atoms with Gasteiger partial charge in [-0.05, 0) is 35.2 Å². The molecule has 4 aromatic rings. The normalized spacial score (nSPS) is 12.5. The van der Waals surface area contributed by atoms with Crippen molar-refractivity contribution in [3.8, 4) is 28.1 Å². The van der Waals surface area contributed by atoms with Gasteiger partial charge in [-0.25, -0.2) is 4.79 Å². The quantitative estimate of drug-likeness (QED) is 0.307. The number of aliphatic carboxylic acids is 1. The van der Waals surface area contributed by atoms with E-state index in [-0.39, 0.29) is 12.2 Å². The number of carboxylic acid groups (broad SMARTS) is 1. The lowest BCUT2D eigenvalue weighted by atomic mass is 9.97. The maximum absolute atomic E-state index is 12.9. The second kappa shape index (κ2) is 11.3. The fourth-order valence-corrected chi connectivity index (χ4v) is 3.93. The van der Waals surface area contributed by atoms with E-state index in [4.69, 9.17) is 9.26 Å². The Labute approximate surface area is 208 Å². The molecule has 1 heterocycles. The van der Waals surface area contributed by atoms with Gasteiger partial charge in [-0.1, -0.05) is 71.9 Å². The molecule has 184 valence electrons. The highest BCUT2D eigenvalue weighted by molar-refractivity contribution is 5.92. The summed E-state index contributed by atoms with van der Waals surface area (Å²) in [7, 11) is 1.54. The largest absolute Gasteiger partial charge is 0.496 e. The molecule has 8 heteroatoms. The average molecular weight is 487 g/mol. The van der Waals surface area contributed by atoms with E-state index in [0.29, 0.717) is 23.4 Å². The molecule has 2 atom stereocenters. The summed E-state index contributed by atoms with van der Waals surface area (Å²) in [5.41, 5.74) is 4.09. The molecule has 1 amide bonds. The number of ether oxygens (including phenoxy) is 1. The van der Waals surface area contributed by atoms with E-state index >= 15 is 0 Å². The highest BCUT2D eigenvalue weighted by Crippen LogP contribution is 2.29. The molecule has 0 radical (unpaired) electrons. The SMILES string of the molecule is COc1ccccc1-c1cc(C(=O)N[C@H](Cc2ccc(-c3ccccc3)cc2)C[C@@H](O)C(=O)O)on1. The molecule has 0 aliphatic rings. The Morgan fingerprint density at radius 2 is 1.64 bits per heavy atom. The van der Waals surface area contributed by atoms with Crippen LogP contribution in [0.2, 0.25) is 0 Å². The van der Waals surface area contributed by atoms with Gasteiger partial charge in [-0.2, -0.15) is 0 Å². The molecule has 0 saturated carbocycles. The fourth-order valence-electron chi connectivity index (χ4n) is 3.93. The van der Waals surface area contributed by atoms with Crippen LogP contribution >= 0.6 is 0 Å². The van der Waals surface area contributed by atoms with Crippen LogP contribution < -0.4 is 10.1 Å². The molecule has 0 spiro atoms. The summed E-state index contributed by atoms with van der Waals surface area (Å²) in [5.74, 6) is -1.37. The van der Waals surface area contributed by atoms with Crippen molar-refractivity contribution < 1.29 is 29.1 Å². The third kappa shape index (κ3) is 5.97. The molecule has 36 heavy (non-hydrogen) atoms. The lowest BCUT2D eigenvalue weighted by Crippen LogP contribution is -2.40. The summed E-state index contributed by atoms with van der Waals surface area (Å²) in [5, 5.41) is 25.9. The number of hydrogen-bond donors (Lipinski definition) is 3. The lowest BCUT2D eigenvalue weighted by molar-refractivity contribution is -0.147. The van der Waals surface area contributed by atoms with Crippen LogP contribution in [0.1, 0.15) is 22.5 Å². The first-order valence-corrected chi connectivity index (χ1v) is 11.4. The lowest BCUT2D eigenvalue weighted by Gasteiger charge is -2.20. The third-order valence-corrected chi connectivity index (χ3v) is 5.79. The Morgan fingerprint density at radius 3 is 2.33 bits per heavy atom. The summed E-state index contributed by atoms with van der Waals surface area (Å²) in [6.07, 6.45) is -1.48.